The Morgan fingerprint density at radius 2 is 1.82 bits per heavy atom. The van der Waals surface area contributed by atoms with Crippen LogP contribution in [0.5, 0.6) is 5.75 Å². The van der Waals surface area contributed by atoms with Gasteiger partial charge in [0.15, 0.2) is 0 Å². The van der Waals surface area contributed by atoms with Crippen LogP contribution in [-0.2, 0) is 11.4 Å². The summed E-state index contributed by atoms with van der Waals surface area (Å²) in [5.74, 6) is 0.840. The van der Waals surface area contributed by atoms with Crippen LogP contribution in [-0.4, -0.2) is 30.4 Å². The molecule has 1 aliphatic rings. The SMILES string of the molecule is N#CCCN1CCC(C(=O)Nc2ccc(OCc3ccc(Cl)cc3)cc2)CC1. The summed E-state index contributed by atoms with van der Waals surface area (Å²) in [6.07, 6.45) is 2.21. The Labute approximate surface area is 170 Å². The van der Waals surface area contributed by atoms with Gasteiger partial charge in [-0.1, -0.05) is 23.7 Å². The van der Waals surface area contributed by atoms with Crippen LogP contribution >= 0.6 is 11.6 Å². The molecule has 0 aromatic heterocycles. The maximum atomic E-state index is 12.5. The monoisotopic (exact) mass is 397 g/mol. The molecule has 0 radical (unpaired) electrons. The summed E-state index contributed by atoms with van der Waals surface area (Å²) in [4.78, 5) is 14.7. The number of halogens is 1. The first-order chi connectivity index (χ1) is 13.6. The van der Waals surface area contributed by atoms with E-state index in [0.717, 1.165) is 49.5 Å². The lowest BCUT2D eigenvalue weighted by atomic mass is 9.95. The van der Waals surface area contributed by atoms with Gasteiger partial charge in [0.25, 0.3) is 0 Å². The van der Waals surface area contributed by atoms with Crippen molar-refractivity contribution in [1.82, 2.24) is 4.90 Å². The fourth-order valence-electron chi connectivity index (χ4n) is 3.25. The molecule has 2 aromatic rings. The minimum atomic E-state index is 0.0270. The van der Waals surface area contributed by atoms with Crippen molar-refractivity contribution in [2.45, 2.75) is 25.9 Å². The summed E-state index contributed by atoms with van der Waals surface area (Å²) in [6, 6.07) is 17.1. The zero-order chi connectivity index (χ0) is 19.8. The molecule has 2 aromatic carbocycles. The fraction of sp³-hybridized carbons (Fsp3) is 0.364. The number of anilines is 1. The number of carbonyl (C=O) groups excluding carboxylic acids is 1. The number of ether oxygens (including phenoxy) is 1. The Hall–Kier alpha value is -2.55. The molecule has 1 heterocycles. The molecule has 0 spiro atoms. The van der Waals surface area contributed by atoms with Gasteiger partial charge in [0.05, 0.1) is 6.07 Å². The maximum Gasteiger partial charge on any atom is 0.227 e. The predicted molar refractivity (Wildman–Crippen MR) is 110 cm³/mol. The van der Waals surface area contributed by atoms with E-state index in [4.69, 9.17) is 21.6 Å². The fourth-order valence-corrected chi connectivity index (χ4v) is 3.38. The zero-order valence-electron chi connectivity index (χ0n) is 15.7. The van der Waals surface area contributed by atoms with E-state index < -0.39 is 0 Å². The van der Waals surface area contributed by atoms with E-state index in [2.05, 4.69) is 16.3 Å². The van der Waals surface area contributed by atoms with Crippen molar-refractivity contribution in [3.8, 4) is 11.8 Å². The number of hydrogen-bond acceptors (Lipinski definition) is 4. The molecule has 1 amide bonds. The average Bonchev–Trinajstić information content (AvgIpc) is 2.73. The van der Waals surface area contributed by atoms with Crippen molar-refractivity contribution >= 4 is 23.2 Å². The average molecular weight is 398 g/mol. The van der Waals surface area contributed by atoms with E-state index in [0.29, 0.717) is 18.1 Å². The summed E-state index contributed by atoms with van der Waals surface area (Å²) in [5, 5.41) is 12.4. The molecule has 0 bridgehead atoms. The van der Waals surface area contributed by atoms with Gasteiger partial charge in [-0.25, -0.2) is 0 Å². The molecule has 28 heavy (non-hydrogen) atoms. The third-order valence-electron chi connectivity index (χ3n) is 4.94. The van der Waals surface area contributed by atoms with Crippen molar-refractivity contribution in [2.24, 2.45) is 5.92 Å². The second kappa shape index (κ2) is 10.1. The number of hydrogen-bond donors (Lipinski definition) is 1. The number of rotatable bonds is 7. The van der Waals surface area contributed by atoms with E-state index in [1.165, 1.54) is 0 Å². The molecule has 1 saturated heterocycles. The summed E-state index contributed by atoms with van der Waals surface area (Å²) in [5.41, 5.74) is 1.82. The van der Waals surface area contributed by atoms with Crippen LogP contribution < -0.4 is 10.1 Å². The minimum absolute atomic E-state index is 0.0270. The van der Waals surface area contributed by atoms with Crippen LogP contribution in [0.25, 0.3) is 0 Å². The lowest BCUT2D eigenvalue weighted by Gasteiger charge is -2.30. The van der Waals surface area contributed by atoms with Gasteiger partial charge in [-0.15, -0.1) is 0 Å². The molecular formula is C22H24ClN3O2. The standard InChI is InChI=1S/C22H24ClN3O2/c23-19-4-2-17(3-5-19)16-28-21-8-6-20(7-9-21)25-22(27)18-10-14-26(15-11-18)13-1-12-24/h2-9,18H,1,10-11,13-16H2,(H,25,27). The molecule has 1 fully saturated rings. The van der Waals surface area contributed by atoms with E-state index in [1.807, 2.05) is 48.5 Å². The van der Waals surface area contributed by atoms with Gasteiger partial charge in [0.2, 0.25) is 5.91 Å². The Kier molecular flexibility index (Phi) is 7.30. The molecule has 1 aliphatic heterocycles. The van der Waals surface area contributed by atoms with Crippen molar-refractivity contribution in [2.75, 3.05) is 25.0 Å². The van der Waals surface area contributed by atoms with Crippen LogP contribution in [0.3, 0.4) is 0 Å². The predicted octanol–water partition coefficient (Wildman–Crippen LogP) is 4.48. The van der Waals surface area contributed by atoms with E-state index >= 15 is 0 Å². The van der Waals surface area contributed by atoms with Crippen molar-refractivity contribution in [3.05, 3.63) is 59.1 Å². The van der Waals surface area contributed by atoms with Crippen molar-refractivity contribution < 1.29 is 9.53 Å². The van der Waals surface area contributed by atoms with Gasteiger partial charge in [-0.3, -0.25) is 4.79 Å². The van der Waals surface area contributed by atoms with Gasteiger partial charge < -0.3 is 15.0 Å². The van der Waals surface area contributed by atoms with Gasteiger partial charge in [0.1, 0.15) is 12.4 Å². The molecule has 3 rings (SSSR count). The summed E-state index contributed by atoms with van der Waals surface area (Å²) in [7, 11) is 0. The van der Waals surface area contributed by atoms with Crippen LogP contribution in [0.1, 0.15) is 24.8 Å². The maximum absolute atomic E-state index is 12.5. The second-order valence-electron chi connectivity index (χ2n) is 6.95. The highest BCUT2D eigenvalue weighted by Crippen LogP contribution is 2.22. The lowest BCUT2D eigenvalue weighted by Crippen LogP contribution is -2.38. The number of nitriles is 1. The molecule has 0 unspecified atom stereocenters. The third-order valence-corrected chi connectivity index (χ3v) is 5.19. The Bertz CT molecular complexity index is 807. The summed E-state index contributed by atoms with van der Waals surface area (Å²) in [6.45, 7) is 3.00. The number of nitrogens with one attached hydrogen (secondary N) is 1. The van der Waals surface area contributed by atoms with E-state index in [-0.39, 0.29) is 11.8 Å². The van der Waals surface area contributed by atoms with Crippen LogP contribution in [0.2, 0.25) is 5.02 Å². The van der Waals surface area contributed by atoms with Gasteiger partial charge in [-0.05, 0) is 67.9 Å². The number of amides is 1. The van der Waals surface area contributed by atoms with Gasteiger partial charge in [0, 0.05) is 29.6 Å². The first-order valence-electron chi connectivity index (χ1n) is 9.51. The quantitative estimate of drug-likeness (QED) is 0.747. The number of piperidine rings is 1. The van der Waals surface area contributed by atoms with Crippen molar-refractivity contribution in [1.29, 1.82) is 5.26 Å². The Morgan fingerprint density at radius 3 is 2.46 bits per heavy atom. The molecule has 0 aliphatic carbocycles. The molecule has 5 nitrogen and oxygen atoms in total. The molecule has 0 atom stereocenters. The lowest BCUT2D eigenvalue weighted by molar-refractivity contribution is -0.121. The van der Waals surface area contributed by atoms with Gasteiger partial charge >= 0.3 is 0 Å². The minimum Gasteiger partial charge on any atom is -0.489 e. The number of benzene rings is 2. The molecular weight excluding hydrogens is 374 g/mol. The summed E-state index contributed by atoms with van der Waals surface area (Å²) >= 11 is 5.88. The topological polar surface area (TPSA) is 65.4 Å². The normalized spacial score (nSPS) is 15.0. The molecule has 0 saturated carbocycles. The van der Waals surface area contributed by atoms with E-state index in [1.54, 1.807) is 0 Å². The largest absolute Gasteiger partial charge is 0.489 e. The zero-order valence-corrected chi connectivity index (χ0v) is 16.5. The Morgan fingerprint density at radius 1 is 1.14 bits per heavy atom. The molecule has 6 heteroatoms. The van der Waals surface area contributed by atoms with Gasteiger partial charge in [-0.2, -0.15) is 5.26 Å². The molecule has 146 valence electrons. The van der Waals surface area contributed by atoms with E-state index in [9.17, 15) is 4.79 Å². The first-order valence-corrected chi connectivity index (χ1v) is 9.89. The Balaban J connectivity index is 1.44. The first kappa shape index (κ1) is 20.2. The number of likely N-dealkylation sites (tertiary alicyclic amines) is 1. The smallest absolute Gasteiger partial charge is 0.227 e. The van der Waals surface area contributed by atoms with Crippen molar-refractivity contribution in [3.63, 3.8) is 0 Å². The highest BCUT2D eigenvalue weighted by atomic mass is 35.5. The molecule has 1 N–H and O–H groups in total. The highest BCUT2D eigenvalue weighted by Gasteiger charge is 2.24. The van der Waals surface area contributed by atoms with Crippen LogP contribution in [0.4, 0.5) is 5.69 Å². The second-order valence-corrected chi connectivity index (χ2v) is 7.39. The van der Waals surface area contributed by atoms with Crippen LogP contribution in [0, 0.1) is 17.2 Å². The number of carbonyl (C=O) groups is 1. The third kappa shape index (κ3) is 5.98. The highest BCUT2D eigenvalue weighted by molar-refractivity contribution is 6.30. The number of nitrogens with zero attached hydrogens (tertiary/aromatic N) is 2. The van der Waals surface area contributed by atoms with Crippen LogP contribution in [0.15, 0.2) is 48.5 Å². The summed E-state index contributed by atoms with van der Waals surface area (Å²) < 4.78 is 5.77.